The number of ketones is 1. The van der Waals surface area contributed by atoms with Crippen molar-refractivity contribution in [2.24, 2.45) is 5.41 Å². The molecule has 88 valence electrons. The number of hydrogen-bond acceptors (Lipinski definition) is 2. The highest BCUT2D eigenvalue weighted by Crippen LogP contribution is 2.32. The van der Waals surface area contributed by atoms with Gasteiger partial charge in [-0.1, -0.05) is 25.4 Å². The summed E-state index contributed by atoms with van der Waals surface area (Å²) in [5.41, 5.74) is -1.29. The number of carbonyl (C=O) groups excluding carboxylic acids is 1. The number of rotatable bonds is 3. The minimum atomic E-state index is -4.70. The second kappa shape index (κ2) is 4.53. The SMILES string of the molecule is CC(=O)C(C)(C)C(O)/C=C(/Cl)C(F)(F)F. The van der Waals surface area contributed by atoms with Crippen LogP contribution >= 0.6 is 11.6 Å². The number of alkyl halides is 3. The number of Topliss-reactive ketones (excluding diaryl/α,β-unsaturated/α-hetero) is 1. The second-order valence-electron chi connectivity index (χ2n) is 3.74. The summed E-state index contributed by atoms with van der Waals surface area (Å²) in [5, 5.41) is 7.97. The van der Waals surface area contributed by atoms with Crippen molar-refractivity contribution in [1.82, 2.24) is 0 Å². The molecule has 1 atom stereocenters. The van der Waals surface area contributed by atoms with Crippen LogP contribution in [0.1, 0.15) is 20.8 Å². The zero-order valence-corrected chi connectivity index (χ0v) is 9.28. The summed E-state index contributed by atoms with van der Waals surface area (Å²) in [6, 6.07) is 0. The molecule has 0 aromatic carbocycles. The quantitative estimate of drug-likeness (QED) is 0.829. The van der Waals surface area contributed by atoms with Gasteiger partial charge < -0.3 is 5.11 Å². The molecule has 2 nitrogen and oxygen atoms in total. The lowest BCUT2D eigenvalue weighted by molar-refractivity contribution is -0.129. The fourth-order valence-corrected chi connectivity index (χ4v) is 0.769. The average Bonchev–Trinajstić information content (AvgIpc) is 2.01. The van der Waals surface area contributed by atoms with Crippen LogP contribution in [0.15, 0.2) is 11.1 Å². The summed E-state index contributed by atoms with van der Waals surface area (Å²) < 4.78 is 36.0. The monoisotopic (exact) mass is 244 g/mol. The van der Waals surface area contributed by atoms with Gasteiger partial charge in [0, 0.05) is 0 Å². The molecule has 0 aromatic rings. The minimum absolute atomic E-state index is 0.419. The van der Waals surface area contributed by atoms with Crippen molar-refractivity contribution in [1.29, 1.82) is 0 Å². The van der Waals surface area contributed by atoms with Crippen molar-refractivity contribution in [3.05, 3.63) is 11.1 Å². The molecule has 0 rings (SSSR count). The Bertz CT molecular complexity index is 282. The van der Waals surface area contributed by atoms with Crippen LogP contribution in [-0.4, -0.2) is 23.2 Å². The number of hydrogen-bond donors (Lipinski definition) is 1. The van der Waals surface area contributed by atoms with Crippen LogP contribution in [0, 0.1) is 5.41 Å². The van der Waals surface area contributed by atoms with Crippen LogP contribution in [0.2, 0.25) is 0 Å². The summed E-state index contributed by atoms with van der Waals surface area (Å²) in [7, 11) is 0. The van der Waals surface area contributed by atoms with E-state index < -0.39 is 28.5 Å². The lowest BCUT2D eigenvalue weighted by Crippen LogP contribution is -2.35. The van der Waals surface area contributed by atoms with E-state index in [0.29, 0.717) is 6.08 Å². The zero-order chi connectivity index (χ0) is 12.4. The first-order chi connectivity index (χ1) is 6.49. The summed E-state index contributed by atoms with van der Waals surface area (Å²) in [4.78, 5) is 11.0. The largest absolute Gasteiger partial charge is 0.426 e. The average molecular weight is 245 g/mol. The maximum absolute atomic E-state index is 12.0. The van der Waals surface area contributed by atoms with Crippen molar-refractivity contribution in [2.45, 2.75) is 33.1 Å². The van der Waals surface area contributed by atoms with Gasteiger partial charge in [0.2, 0.25) is 0 Å². The molecule has 0 aliphatic heterocycles. The smallest absolute Gasteiger partial charge is 0.388 e. The van der Waals surface area contributed by atoms with Gasteiger partial charge in [0.1, 0.15) is 10.8 Å². The van der Waals surface area contributed by atoms with E-state index in [0.717, 1.165) is 0 Å². The Morgan fingerprint density at radius 1 is 1.40 bits per heavy atom. The molecule has 0 fully saturated rings. The lowest BCUT2D eigenvalue weighted by Gasteiger charge is -2.25. The van der Waals surface area contributed by atoms with Crippen LogP contribution in [0.25, 0.3) is 0 Å². The van der Waals surface area contributed by atoms with Gasteiger partial charge in [0.25, 0.3) is 0 Å². The number of carbonyl (C=O) groups is 1. The van der Waals surface area contributed by atoms with Gasteiger partial charge in [0.15, 0.2) is 0 Å². The topological polar surface area (TPSA) is 37.3 Å². The molecule has 0 saturated carbocycles. The highest BCUT2D eigenvalue weighted by Gasteiger charge is 2.37. The fraction of sp³-hybridized carbons (Fsp3) is 0.667. The number of aliphatic hydroxyl groups is 1. The summed E-state index contributed by atoms with van der Waals surface area (Å²) in [5.74, 6) is -0.419. The standard InChI is InChI=1S/C9H12ClF3O2/c1-5(14)8(2,3)7(15)4-6(10)9(11,12)13/h4,7,15H,1-3H3/b6-4+. The zero-order valence-electron chi connectivity index (χ0n) is 8.52. The summed E-state index contributed by atoms with van der Waals surface area (Å²) >= 11 is 4.93. The molecule has 15 heavy (non-hydrogen) atoms. The molecule has 0 spiro atoms. The molecule has 0 aliphatic rings. The molecule has 0 radical (unpaired) electrons. The normalized spacial score (nSPS) is 16.4. The highest BCUT2D eigenvalue weighted by molar-refractivity contribution is 6.30. The van der Waals surface area contributed by atoms with Gasteiger partial charge >= 0.3 is 6.18 Å². The number of allylic oxidation sites excluding steroid dienone is 1. The maximum atomic E-state index is 12.0. The van der Waals surface area contributed by atoms with Crippen LogP contribution in [0.5, 0.6) is 0 Å². The van der Waals surface area contributed by atoms with Crippen molar-refractivity contribution < 1.29 is 23.1 Å². The van der Waals surface area contributed by atoms with E-state index in [1.807, 2.05) is 0 Å². The highest BCUT2D eigenvalue weighted by atomic mass is 35.5. The first-order valence-corrected chi connectivity index (χ1v) is 4.51. The fourth-order valence-electron chi connectivity index (χ4n) is 0.650. The third-order valence-corrected chi connectivity index (χ3v) is 2.56. The van der Waals surface area contributed by atoms with Crippen molar-refractivity contribution >= 4 is 17.4 Å². The molecule has 0 heterocycles. The van der Waals surface area contributed by atoms with Crippen LogP contribution in [0.3, 0.4) is 0 Å². The summed E-state index contributed by atoms with van der Waals surface area (Å²) in [6.45, 7) is 3.88. The Morgan fingerprint density at radius 2 is 1.80 bits per heavy atom. The Morgan fingerprint density at radius 3 is 2.07 bits per heavy atom. The van der Waals surface area contributed by atoms with Crippen LogP contribution in [0.4, 0.5) is 13.2 Å². The molecule has 0 saturated heterocycles. The molecule has 0 amide bonds. The van der Waals surface area contributed by atoms with Gasteiger partial charge in [-0.15, -0.1) is 0 Å². The Labute approximate surface area is 90.7 Å². The van der Waals surface area contributed by atoms with Crippen LogP contribution in [-0.2, 0) is 4.79 Å². The Balaban J connectivity index is 4.91. The first-order valence-electron chi connectivity index (χ1n) is 4.13. The van der Waals surface area contributed by atoms with E-state index in [1.54, 1.807) is 0 Å². The van der Waals surface area contributed by atoms with E-state index in [4.69, 9.17) is 11.6 Å². The minimum Gasteiger partial charge on any atom is -0.388 e. The molecule has 0 aliphatic carbocycles. The van der Waals surface area contributed by atoms with E-state index in [2.05, 4.69) is 0 Å². The van der Waals surface area contributed by atoms with Crippen LogP contribution < -0.4 is 0 Å². The van der Waals surface area contributed by atoms with Crippen molar-refractivity contribution in [3.8, 4) is 0 Å². The second-order valence-corrected chi connectivity index (χ2v) is 4.14. The Kier molecular flexibility index (Phi) is 4.36. The maximum Gasteiger partial charge on any atom is 0.426 e. The third kappa shape index (κ3) is 3.83. The van der Waals surface area contributed by atoms with Crippen molar-refractivity contribution in [2.75, 3.05) is 0 Å². The van der Waals surface area contributed by atoms with E-state index >= 15 is 0 Å². The molecule has 6 heteroatoms. The predicted molar refractivity (Wildman–Crippen MR) is 50.5 cm³/mol. The molecule has 0 bridgehead atoms. The van der Waals surface area contributed by atoms with Gasteiger partial charge in [0.05, 0.1) is 11.5 Å². The first kappa shape index (κ1) is 14.5. The molecule has 0 aromatic heterocycles. The van der Waals surface area contributed by atoms with Gasteiger partial charge in [-0.05, 0) is 13.0 Å². The summed E-state index contributed by atoms with van der Waals surface area (Å²) in [6.07, 6.45) is -5.83. The molecular formula is C9H12ClF3O2. The van der Waals surface area contributed by atoms with Crippen molar-refractivity contribution in [3.63, 3.8) is 0 Å². The van der Waals surface area contributed by atoms with Gasteiger partial charge in [-0.2, -0.15) is 13.2 Å². The molecular weight excluding hydrogens is 233 g/mol. The lowest BCUT2D eigenvalue weighted by atomic mass is 9.82. The van der Waals surface area contributed by atoms with E-state index in [-0.39, 0.29) is 0 Å². The van der Waals surface area contributed by atoms with Gasteiger partial charge in [-0.25, -0.2) is 0 Å². The third-order valence-electron chi connectivity index (χ3n) is 2.22. The molecule has 1 unspecified atom stereocenters. The number of aliphatic hydroxyl groups excluding tert-OH is 1. The van der Waals surface area contributed by atoms with E-state index in [9.17, 15) is 23.1 Å². The number of halogens is 4. The Hall–Kier alpha value is -0.550. The van der Waals surface area contributed by atoms with E-state index in [1.165, 1.54) is 20.8 Å². The molecule has 1 N–H and O–H groups in total. The predicted octanol–water partition coefficient (Wildman–Crippen LogP) is 2.65. The van der Waals surface area contributed by atoms with Gasteiger partial charge in [-0.3, -0.25) is 4.79 Å².